The molecule has 4 nitrogen and oxygen atoms in total. The summed E-state index contributed by atoms with van der Waals surface area (Å²) in [4.78, 5) is 0. The normalized spacial score (nSPS) is 11.8. The van der Waals surface area contributed by atoms with Gasteiger partial charge < -0.3 is 17.8 Å². The van der Waals surface area contributed by atoms with Crippen LogP contribution < -0.4 is 5.19 Å². The number of benzene rings is 1. The third-order valence-corrected chi connectivity index (χ3v) is 6.53. The Morgan fingerprint density at radius 2 is 1.73 bits per heavy atom. The number of hydrogen-bond donors (Lipinski definition) is 0. The number of unbranched alkanes of at least 4 members (excludes halogenated alkanes) is 1. The Hall–Kier alpha value is -1.40. The molecule has 22 heavy (non-hydrogen) atoms. The third kappa shape index (κ3) is 3.33. The molecule has 0 N–H and O–H groups in total. The van der Waals surface area contributed by atoms with Crippen LogP contribution in [0.3, 0.4) is 0 Å². The molecule has 0 saturated heterocycles. The summed E-state index contributed by atoms with van der Waals surface area (Å²) in [6.45, 7) is 3.24. The maximum absolute atomic E-state index is 5.58. The van der Waals surface area contributed by atoms with Crippen molar-refractivity contribution in [2.45, 2.75) is 26.3 Å². The second kappa shape index (κ2) is 7.74. The van der Waals surface area contributed by atoms with Gasteiger partial charge in [-0.2, -0.15) is 0 Å². The molecule has 0 fully saturated rings. The van der Waals surface area contributed by atoms with E-state index in [0.29, 0.717) is 0 Å². The highest BCUT2D eigenvalue weighted by molar-refractivity contribution is 6.75. The van der Waals surface area contributed by atoms with Crippen LogP contribution >= 0.6 is 0 Å². The van der Waals surface area contributed by atoms with Crippen LogP contribution in [0.4, 0.5) is 0 Å². The number of hydrogen-bond acceptors (Lipinski definition) is 3. The first-order chi connectivity index (χ1) is 10.7. The molecule has 1 aromatic carbocycles. The fraction of sp³-hybridized carbons (Fsp3) is 0.412. The summed E-state index contributed by atoms with van der Waals surface area (Å²) in [5.74, 6) is 0. The van der Waals surface area contributed by atoms with E-state index in [-0.39, 0.29) is 0 Å². The SMILES string of the molecule is CCCCn1cccc1-c1cccc([Si](OC)(OC)OC)c1. The molecule has 1 heterocycles. The molecular weight excluding hydrogens is 294 g/mol. The molecular formula is C17H25NO3Si. The van der Waals surface area contributed by atoms with Crippen molar-refractivity contribution >= 4 is 14.0 Å². The smallest absolute Gasteiger partial charge is 0.373 e. The molecule has 0 spiro atoms. The molecule has 0 aliphatic rings. The minimum absolute atomic E-state index is 0.973. The van der Waals surface area contributed by atoms with Crippen molar-refractivity contribution in [3.8, 4) is 11.3 Å². The first-order valence-electron chi connectivity index (χ1n) is 7.62. The van der Waals surface area contributed by atoms with Crippen LogP contribution in [0.25, 0.3) is 11.3 Å². The summed E-state index contributed by atoms with van der Waals surface area (Å²) < 4.78 is 19.0. The van der Waals surface area contributed by atoms with Gasteiger partial charge in [0, 0.05) is 45.0 Å². The first kappa shape index (κ1) is 17.0. The summed E-state index contributed by atoms with van der Waals surface area (Å²) >= 11 is 0. The second-order valence-corrected chi connectivity index (χ2v) is 8.10. The Labute approximate surface area is 134 Å². The van der Waals surface area contributed by atoms with Crippen molar-refractivity contribution in [1.29, 1.82) is 0 Å². The van der Waals surface area contributed by atoms with Crippen LogP contribution in [-0.2, 0) is 19.8 Å². The molecule has 0 amide bonds. The van der Waals surface area contributed by atoms with Gasteiger partial charge in [0.2, 0.25) is 0 Å². The minimum atomic E-state index is -2.79. The zero-order valence-electron chi connectivity index (χ0n) is 13.8. The van der Waals surface area contributed by atoms with Crippen molar-refractivity contribution in [3.05, 3.63) is 42.6 Å². The van der Waals surface area contributed by atoms with Gasteiger partial charge in [-0.1, -0.05) is 31.5 Å². The number of rotatable bonds is 8. The van der Waals surface area contributed by atoms with Crippen molar-refractivity contribution < 1.29 is 13.3 Å². The highest BCUT2D eigenvalue weighted by atomic mass is 28.4. The van der Waals surface area contributed by atoms with E-state index in [1.54, 1.807) is 21.3 Å². The van der Waals surface area contributed by atoms with Gasteiger partial charge >= 0.3 is 8.80 Å². The average molecular weight is 319 g/mol. The molecule has 0 saturated carbocycles. The van der Waals surface area contributed by atoms with E-state index in [1.165, 1.54) is 18.5 Å². The monoisotopic (exact) mass is 319 g/mol. The lowest BCUT2D eigenvalue weighted by molar-refractivity contribution is 0.140. The van der Waals surface area contributed by atoms with E-state index in [2.05, 4.69) is 42.0 Å². The van der Waals surface area contributed by atoms with Gasteiger partial charge in [0.1, 0.15) is 0 Å². The topological polar surface area (TPSA) is 32.6 Å². The maximum atomic E-state index is 5.58. The zero-order valence-corrected chi connectivity index (χ0v) is 14.8. The highest BCUT2D eigenvalue weighted by Crippen LogP contribution is 2.21. The molecule has 2 rings (SSSR count). The lowest BCUT2D eigenvalue weighted by atomic mass is 10.1. The molecule has 120 valence electrons. The summed E-state index contributed by atoms with van der Waals surface area (Å²) in [6.07, 6.45) is 4.49. The Morgan fingerprint density at radius 1 is 1.00 bits per heavy atom. The average Bonchev–Trinajstić information content (AvgIpc) is 3.04. The van der Waals surface area contributed by atoms with Gasteiger partial charge in [-0.15, -0.1) is 0 Å². The molecule has 5 heteroatoms. The van der Waals surface area contributed by atoms with E-state index in [9.17, 15) is 0 Å². The van der Waals surface area contributed by atoms with E-state index in [1.807, 2.05) is 12.1 Å². The van der Waals surface area contributed by atoms with Gasteiger partial charge in [-0.3, -0.25) is 0 Å². The molecule has 0 unspecified atom stereocenters. The van der Waals surface area contributed by atoms with Crippen LogP contribution in [0.5, 0.6) is 0 Å². The predicted molar refractivity (Wildman–Crippen MR) is 91.2 cm³/mol. The third-order valence-electron chi connectivity index (χ3n) is 3.90. The van der Waals surface area contributed by atoms with Crippen LogP contribution in [0.15, 0.2) is 42.6 Å². The Morgan fingerprint density at radius 3 is 2.36 bits per heavy atom. The predicted octanol–water partition coefficient (Wildman–Crippen LogP) is 3.04. The first-order valence-corrected chi connectivity index (χ1v) is 9.34. The summed E-state index contributed by atoms with van der Waals surface area (Å²) in [5, 5.41) is 0.973. The van der Waals surface area contributed by atoms with Gasteiger partial charge in [0.05, 0.1) is 0 Å². The van der Waals surface area contributed by atoms with Gasteiger partial charge in [-0.25, -0.2) is 0 Å². The summed E-state index contributed by atoms with van der Waals surface area (Å²) in [7, 11) is 2.11. The van der Waals surface area contributed by atoms with Gasteiger partial charge in [0.15, 0.2) is 0 Å². The van der Waals surface area contributed by atoms with Crippen LogP contribution in [0.2, 0.25) is 0 Å². The summed E-state index contributed by atoms with van der Waals surface area (Å²) in [6, 6.07) is 12.5. The fourth-order valence-corrected chi connectivity index (χ4v) is 4.51. The molecule has 0 aliphatic carbocycles. The van der Waals surface area contributed by atoms with E-state index >= 15 is 0 Å². The molecule has 2 aromatic rings. The van der Waals surface area contributed by atoms with E-state index < -0.39 is 8.80 Å². The van der Waals surface area contributed by atoms with Crippen LogP contribution in [0, 0.1) is 0 Å². The zero-order chi connectivity index (χ0) is 16.0. The quantitative estimate of drug-likeness (QED) is 0.701. The van der Waals surface area contributed by atoms with Crippen molar-refractivity contribution in [3.63, 3.8) is 0 Å². The number of aromatic nitrogens is 1. The lowest BCUT2D eigenvalue weighted by Gasteiger charge is -2.25. The van der Waals surface area contributed by atoms with Crippen molar-refractivity contribution in [2.24, 2.45) is 0 Å². The minimum Gasteiger partial charge on any atom is -0.373 e. The van der Waals surface area contributed by atoms with E-state index in [4.69, 9.17) is 13.3 Å². The molecule has 0 aliphatic heterocycles. The van der Waals surface area contributed by atoms with Gasteiger partial charge in [-0.05, 0) is 30.2 Å². The molecule has 0 bridgehead atoms. The molecule has 1 aromatic heterocycles. The van der Waals surface area contributed by atoms with Crippen LogP contribution in [-0.4, -0.2) is 34.7 Å². The standard InChI is InChI=1S/C17H25NO3Si/c1-5-6-12-18-13-8-11-17(18)15-9-7-10-16(14-15)22(19-2,20-3)21-4/h7-11,13-14H,5-6,12H2,1-4H3. The number of aryl methyl sites for hydroxylation is 1. The van der Waals surface area contributed by atoms with Gasteiger partial charge in [0.25, 0.3) is 0 Å². The summed E-state index contributed by atoms with van der Waals surface area (Å²) in [5.41, 5.74) is 2.36. The van der Waals surface area contributed by atoms with E-state index in [0.717, 1.165) is 17.3 Å². The Balaban J connectivity index is 2.38. The Bertz CT molecular complexity index is 585. The van der Waals surface area contributed by atoms with Crippen molar-refractivity contribution in [1.82, 2.24) is 4.57 Å². The lowest BCUT2D eigenvalue weighted by Crippen LogP contribution is -2.54. The Kier molecular flexibility index (Phi) is 5.96. The number of nitrogens with zero attached hydrogens (tertiary/aromatic N) is 1. The van der Waals surface area contributed by atoms with Crippen molar-refractivity contribution in [2.75, 3.05) is 21.3 Å². The largest absolute Gasteiger partial charge is 0.536 e. The molecule has 0 atom stereocenters. The second-order valence-electron chi connectivity index (χ2n) is 5.19. The maximum Gasteiger partial charge on any atom is 0.536 e. The van der Waals surface area contributed by atoms with Crippen LogP contribution in [0.1, 0.15) is 19.8 Å². The fourth-order valence-electron chi connectivity index (χ4n) is 2.67. The highest BCUT2D eigenvalue weighted by Gasteiger charge is 2.40. The molecule has 0 radical (unpaired) electrons.